The van der Waals surface area contributed by atoms with Crippen LogP contribution >= 0.6 is 11.8 Å². The third kappa shape index (κ3) is 2.82. The van der Waals surface area contributed by atoms with Crippen molar-refractivity contribution in [2.45, 2.75) is 34.9 Å². The molecule has 18 heavy (non-hydrogen) atoms. The minimum absolute atomic E-state index is 0.426. The first-order valence-corrected chi connectivity index (χ1v) is 6.39. The number of hydrogen-bond acceptors (Lipinski definition) is 7. The van der Waals surface area contributed by atoms with Crippen molar-refractivity contribution < 1.29 is 25.2 Å². The smallest absolute Gasteiger partial charge is 0.138 e. The van der Waals surface area contributed by atoms with Crippen LogP contribution in [0, 0.1) is 0 Å². The molecule has 3 unspecified atom stereocenters. The van der Waals surface area contributed by atoms with Crippen LogP contribution in [-0.2, 0) is 4.74 Å². The number of ether oxygens (including phenoxy) is 1. The third-order valence-corrected chi connectivity index (χ3v) is 3.83. The average molecular weight is 273 g/mol. The lowest BCUT2D eigenvalue weighted by molar-refractivity contribution is -0.205. The Labute approximate surface area is 108 Å². The molecule has 1 aromatic heterocycles. The molecule has 2 heterocycles. The normalized spacial score (nSPS) is 36.6. The highest BCUT2D eigenvalue weighted by Crippen LogP contribution is 2.32. The van der Waals surface area contributed by atoms with Gasteiger partial charge in [-0.3, -0.25) is 0 Å². The average Bonchev–Trinajstić information content (AvgIpc) is 2.40. The van der Waals surface area contributed by atoms with Crippen molar-refractivity contribution >= 4 is 11.8 Å². The molecule has 100 valence electrons. The van der Waals surface area contributed by atoms with Crippen LogP contribution in [0.2, 0.25) is 0 Å². The van der Waals surface area contributed by atoms with Gasteiger partial charge in [-0.1, -0.05) is 17.8 Å². The Morgan fingerprint density at radius 3 is 2.56 bits per heavy atom. The minimum Gasteiger partial charge on any atom is -0.394 e. The van der Waals surface area contributed by atoms with Gasteiger partial charge in [0.05, 0.1) is 11.6 Å². The molecule has 0 saturated carbocycles. The summed E-state index contributed by atoms with van der Waals surface area (Å²) in [5.74, 6) is 0. The predicted molar refractivity (Wildman–Crippen MR) is 63.9 cm³/mol. The molecule has 4 N–H and O–H groups in total. The van der Waals surface area contributed by atoms with Gasteiger partial charge < -0.3 is 25.2 Å². The molecule has 1 saturated heterocycles. The Hall–Kier alpha value is -0.700. The maximum atomic E-state index is 9.82. The van der Waals surface area contributed by atoms with Gasteiger partial charge in [0, 0.05) is 6.20 Å². The maximum absolute atomic E-state index is 9.82. The molecular weight excluding hydrogens is 258 g/mol. The van der Waals surface area contributed by atoms with Crippen molar-refractivity contribution in [1.29, 1.82) is 0 Å². The molecular formula is C11H15NO5S. The molecule has 1 aliphatic heterocycles. The Morgan fingerprint density at radius 1 is 1.17 bits per heavy atom. The first-order valence-electron chi connectivity index (χ1n) is 5.51. The van der Waals surface area contributed by atoms with Gasteiger partial charge in [-0.05, 0) is 12.1 Å². The van der Waals surface area contributed by atoms with E-state index in [0.29, 0.717) is 5.03 Å². The second kappa shape index (κ2) is 5.96. The van der Waals surface area contributed by atoms with E-state index in [2.05, 4.69) is 4.98 Å². The van der Waals surface area contributed by atoms with Crippen molar-refractivity contribution in [1.82, 2.24) is 4.98 Å². The van der Waals surface area contributed by atoms with E-state index in [1.54, 1.807) is 24.4 Å². The molecule has 1 aliphatic rings. The van der Waals surface area contributed by atoms with Crippen LogP contribution in [0.3, 0.4) is 0 Å². The van der Waals surface area contributed by atoms with Gasteiger partial charge in [-0.2, -0.15) is 0 Å². The zero-order chi connectivity index (χ0) is 13.1. The molecule has 5 atom stereocenters. The summed E-state index contributed by atoms with van der Waals surface area (Å²) in [4.78, 5) is 4.07. The van der Waals surface area contributed by atoms with Crippen molar-refractivity contribution in [2.24, 2.45) is 0 Å². The highest BCUT2D eigenvalue weighted by atomic mass is 32.2. The summed E-state index contributed by atoms with van der Waals surface area (Å²) in [6.45, 7) is -0.426. The first-order chi connectivity index (χ1) is 8.63. The van der Waals surface area contributed by atoms with Gasteiger partial charge in [0.1, 0.15) is 29.9 Å². The third-order valence-electron chi connectivity index (χ3n) is 2.72. The summed E-state index contributed by atoms with van der Waals surface area (Å²) in [5.41, 5.74) is -0.782. The number of aliphatic hydroxyl groups is 4. The monoisotopic (exact) mass is 273 g/mol. The second-order valence-corrected chi connectivity index (χ2v) is 5.10. The molecule has 2 rings (SSSR count). The van der Waals surface area contributed by atoms with E-state index in [9.17, 15) is 15.3 Å². The van der Waals surface area contributed by atoms with E-state index in [1.165, 1.54) is 0 Å². The van der Waals surface area contributed by atoms with Crippen LogP contribution < -0.4 is 0 Å². The topological polar surface area (TPSA) is 103 Å². The van der Waals surface area contributed by atoms with Crippen molar-refractivity contribution in [3.63, 3.8) is 0 Å². The lowest BCUT2D eigenvalue weighted by atomic mass is 10.0. The molecule has 0 aromatic carbocycles. The van der Waals surface area contributed by atoms with E-state index >= 15 is 0 Å². The van der Waals surface area contributed by atoms with Crippen LogP contribution in [0.1, 0.15) is 0 Å². The fraction of sp³-hybridized carbons (Fsp3) is 0.545. The number of hydrogen-bond donors (Lipinski definition) is 4. The van der Waals surface area contributed by atoms with Crippen LogP contribution in [0.25, 0.3) is 0 Å². The SMILES string of the molecule is OCC1O[C@@H](Sc2ccccn2)C(O)C(O)[C@@H]1O. The van der Waals surface area contributed by atoms with E-state index in [4.69, 9.17) is 9.84 Å². The maximum Gasteiger partial charge on any atom is 0.138 e. The first kappa shape index (κ1) is 13.7. The van der Waals surface area contributed by atoms with Gasteiger partial charge in [-0.15, -0.1) is 0 Å². The summed E-state index contributed by atoms with van der Waals surface area (Å²) in [6.07, 6.45) is -3.20. The quantitative estimate of drug-likeness (QED) is 0.558. The molecule has 1 aromatic rings. The predicted octanol–water partition coefficient (Wildman–Crippen LogP) is -1.03. The van der Waals surface area contributed by atoms with Gasteiger partial charge in [0.2, 0.25) is 0 Å². The van der Waals surface area contributed by atoms with Gasteiger partial charge in [-0.25, -0.2) is 4.98 Å². The molecule has 7 heteroatoms. The van der Waals surface area contributed by atoms with Gasteiger partial charge in [0.25, 0.3) is 0 Å². The van der Waals surface area contributed by atoms with E-state index in [0.717, 1.165) is 11.8 Å². The van der Waals surface area contributed by atoms with E-state index < -0.39 is 36.5 Å². The van der Waals surface area contributed by atoms with Crippen molar-refractivity contribution in [2.75, 3.05) is 6.61 Å². The second-order valence-electron chi connectivity index (χ2n) is 3.98. The number of nitrogens with zero attached hydrogens (tertiary/aromatic N) is 1. The standard InChI is InChI=1S/C11H15NO5S/c13-5-6-8(14)9(15)10(16)11(17-6)18-7-3-1-2-4-12-7/h1-4,6,8-11,13-16H,5H2/t6?,8-,9?,10?,11+/m1/s1. The number of aliphatic hydroxyl groups excluding tert-OH is 4. The Balaban J connectivity index is 2.08. The molecule has 0 aliphatic carbocycles. The largest absolute Gasteiger partial charge is 0.394 e. The highest BCUT2D eigenvalue weighted by molar-refractivity contribution is 7.99. The summed E-state index contributed by atoms with van der Waals surface area (Å²) >= 11 is 1.13. The van der Waals surface area contributed by atoms with Crippen molar-refractivity contribution in [3.05, 3.63) is 24.4 Å². The van der Waals surface area contributed by atoms with Gasteiger partial charge in [0.15, 0.2) is 0 Å². The fourth-order valence-corrected chi connectivity index (χ4v) is 2.72. The summed E-state index contributed by atoms with van der Waals surface area (Å²) in [5, 5.41) is 38.7. The summed E-state index contributed by atoms with van der Waals surface area (Å²) in [7, 11) is 0. The Bertz CT molecular complexity index is 377. The minimum atomic E-state index is -1.35. The molecule has 0 amide bonds. The Morgan fingerprint density at radius 2 is 1.94 bits per heavy atom. The zero-order valence-corrected chi connectivity index (χ0v) is 10.3. The highest BCUT2D eigenvalue weighted by Gasteiger charge is 2.43. The molecule has 0 spiro atoms. The summed E-state index contributed by atoms with van der Waals surface area (Å²) < 4.78 is 5.35. The lowest BCUT2D eigenvalue weighted by Crippen LogP contribution is -2.57. The van der Waals surface area contributed by atoms with Crippen molar-refractivity contribution in [3.8, 4) is 0 Å². The fourth-order valence-electron chi connectivity index (χ4n) is 1.70. The molecule has 6 nitrogen and oxygen atoms in total. The van der Waals surface area contributed by atoms with E-state index in [-0.39, 0.29) is 0 Å². The lowest BCUT2D eigenvalue weighted by Gasteiger charge is -2.39. The molecule has 1 fully saturated rings. The molecule has 0 bridgehead atoms. The van der Waals surface area contributed by atoms with Crippen LogP contribution in [0.4, 0.5) is 0 Å². The number of pyridine rings is 1. The Kier molecular flexibility index (Phi) is 4.55. The molecule has 0 radical (unpaired) electrons. The van der Waals surface area contributed by atoms with Crippen LogP contribution in [-0.4, -0.2) is 61.9 Å². The number of rotatable bonds is 3. The van der Waals surface area contributed by atoms with E-state index in [1.807, 2.05) is 0 Å². The van der Waals surface area contributed by atoms with Crippen LogP contribution in [0.15, 0.2) is 29.4 Å². The summed E-state index contributed by atoms with van der Waals surface area (Å²) in [6, 6.07) is 5.29. The number of thioether (sulfide) groups is 1. The number of aromatic nitrogens is 1. The zero-order valence-electron chi connectivity index (χ0n) is 9.46. The van der Waals surface area contributed by atoms with Crippen LogP contribution in [0.5, 0.6) is 0 Å². The van der Waals surface area contributed by atoms with Gasteiger partial charge >= 0.3 is 0 Å².